The summed E-state index contributed by atoms with van der Waals surface area (Å²) in [6, 6.07) is 1.97. The van der Waals surface area contributed by atoms with Crippen molar-refractivity contribution in [1.29, 1.82) is 0 Å². The number of carbonyl (C=O) groups is 1. The number of carbonyl (C=O) groups excluding carboxylic acids is 1. The van der Waals surface area contributed by atoms with Crippen molar-refractivity contribution in [2.24, 2.45) is 5.41 Å². The summed E-state index contributed by atoms with van der Waals surface area (Å²) in [7, 11) is 1.37. The number of furan rings is 1. The van der Waals surface area contributed by atoms with Gasteiger partial charge in [0, 0.05) is 29.7 Å². The second kappa shape index (κ2) is 5.60. The first-order valence-electron chi connectivity index (χ1n) is 8.98. The molecule has 1 aromatic rings. The Labute approximate surface area is 142 Å². The Morgan fingerprint density at radius 1 is 1.29 bits per heavy atom. The lowest BCUT2D eigenvalue weighted by atomic mass is 9.94. The molecule has 0 amide bonds. The van der Waals surface area contributed by atoms with Crippen LogP contribution in [-0.4, -0.2) is 31.6 Å². The van der Waals surface area contributed by atoms with Gasteiger partial charge in [0.15, 0.2) is 5.79 Å². The van der Waals surface area contributed by atoms with Gasteiger partial charge in [-0.25, -0.2) is 4.79 Å². The van der Waals surface area contributed by atoms with Crippen LogP contribution in [0.3, 0.4) is 0 Å². The minimum Gasteiger partial charge on any atom is -0.463 e. The molecule has 1 saturated heterocycles. The van der Waals surface area contributed by atoms with E-state index in [1.165, 1.54) is 26.4 Å². The summed E-state index contributed by atoms with van der Waals surface area (Å²) in [6.45, 7) is 4.78. The van der Waals surface area contributed by atoms with Crippen LogP contribution in [0.4, 0.5) is 0 Å². The molecule has 2 heterocycles. The number of methoxy groups -OCH3 is 1. The Morgan fingerprint density at radius 3 is 2.75 bits per heavy atom. The van der Waals surface area contributed by atoms with E-state index in [0.717, 1.165) is 30.6 Å². The van der Waals surface area contributed by atoms with Crippen LogP contribution >= 0.6 is 0 Å². The van der Waals surface area contributed by atoms with Gasteiger partial charge in [-0.05, 0) is 32.3 Å². The quantitative estimate of drug-likeness (QED) is 0.784. The lowest BCUT2D eigenvalue weighted by molar-refractivity contribution is -0.192. The Balaban J connectivity index is 1.48. The second-order valence-electron chi connectivity index (χ2n) is 7.80. The van der Waals surface area contributed by atoms with Crippen molar-refractivity contribution in [2.45, 2.75) is 70.2 Å². The zero-order valence-corrected chi connectivity index (χ0v) is 14.7. The monoisotopic (exact) mass is 334 g/mol. The Morgan fingerprint density at radius 2 is 2.04 bits per heavy atom. The molecule has 0 aromatic carbocycles. The number of hydrogen-bond donors (Lipinski definition) is 0. The summed E-state index contributed by atoms with van der Waals surface area (Å²) in [5, 5.41) is 0. The first kappa shape index (κ1) is 16.2. The lowest BCUT2D eigenvalue weighted by Gasteiger charge is -2.32. The van der Waals surface area contributed by atoms with Gasteiger partial charge < -0.3 is 18.6 Å². The summed E-state index contributed by atoms with van der Waals surface area (Å²) in [4.78, 5) is 11.7. The number of aryl methyl sites for hydroxylation is 1. The normalized spacial score (nSPS) is 34.5. The molecule has 132 valence electrons. The first-order chi connectivity index (χ1) is 11.5. The summed E-state index contributed by atoms with van der Waals surface area (Å²) >= 11 is 0. The highest BCUT2D eigenvalue weighted by Crippen LogP contribution is 2.64. The molecule has 1 aromatic heterocycles. The van der Waals surface area contributed by atoms with Crippen LogP contribution in [0.5, 0.6) is 0 Å². The van der Waals surface area contributed by atoms with Crippen LogP contribution in [0.2, 0.25) is 0 Å². The van der Waals surface area contributed by atoms with E-state index in [4.69, 9.17) is 18.6 Å². The lowest BCUT2D eigenvalue weighted by Crippen LogP contribution is -2.34. The van der Waals surface area contributed by atoms with Crippen LogP contribution in [0.15, 0.2) is 10.5 Å². The van der Waals surface area contributed by atoms with Crippen LogP contribution in [0.1, 0.15) is 73.2 Å². The van der Waals surface area contributed by atoms with Crippen LogP contribution in [0.25, 0.3) is 0 Å². The molecular weight excluding hydrogens is 308 g/mol. The molecule has 3 fully saturated rings. The van der Waals surface area contributed by atoms with E-state index in [9.17, 15) is 4.79 Å². The van der Waals surface area contributed by atoms with Crippen molar-refractivity contribution in [3.63, 3.8) is 0 Å². The zero-order valence-electron chi connectivity index (χ0n) is 14.7. The molecule has 5 heteroatoms. The topological polar surface area (TPSA) is 57.9 Å². The number of hydrogen-bond acceptors (Lipinski definition) is 5. The van der Waals surface area contributed by atoms with Crippen molar-refractivity contribution < 1.29 is 23.4 Å². The molecule has 1 spiro atoms. The Hall–Kier alpha value is -1.33. The van der Waals surface area contributed by atoms with Gasteiger partial charge in [0.05, 0.1) is 19.8 Å². The smallest absolute Gasteiger partial charge is 0.374 e. The maximum absolute atomic E-state index is 11.7. The highest BCUT2D eigenvalue weighted by Gasteiger charge is 2.62. The van der Waals surface area contributed by atoms with Crippen LogP contribution in [0, 0.1) is 12.3 Å². The molecule has 0 radical (unpaired) electrons. The third-order valence-corrected chi connectivity index (χ3v) is 6.14. The van der Waals surface area contributed by atoms with E-state index in [0.29, 0.717) is 12.4 Å². The molecule has 5 nitrogen and oxygen atoms in total. The summed E-state index contributed by atoms with van der Waals surface area (Å²) in [5.74, 6) is 0.706. The van der Waals surface area contributed by atoms with E-state index >= 15 is 0 Å². The standard InChI is InChI=1S/C19H26O5/c1-12-9-14(23-16(12)17(20)21-3)13-10-18(13,2)15-11-22-19(24-15)7-5-4-6-8-19/h9,13,15H,4-8,10-11H2,1-3H3/t13-,15+,18+/m0/s1. The molecule has 1 aliphatic heterocycles. The van der Waals surface area contributed by atoms with Gasteiger partial charge in [0.25, 0.3) is 0 Å². The van der Waals surface area contributed by atoms with Crippen LogP contribution in [-0.2, 0) is 14.2 Å². The van der Waals surface area contributed by atoms with Gasteiger partial charge in [-0.15, -0.1) is 0 Å². The third kappa shape index (κ3) is 2.49. The molecule has 0 unspecified atom stereocenters. The fraction of sp³-hybridized carbons (Fsp3) is 0.737. The predicted octanol–water partition coefficient (Wildman–Crippen LogP) is 3.94. The Bertz CT molecular complexity index is 642. The molecule has 3 aliphatic rings. The van der Waals surface area contributed by atoms with Gasteiger partial charge in [-0.1, -0.05) is 13.3 Å². The number of ether oxygens (including phenoxy) is 3. The predicted molar refractivity (Wildman–Crippen MR) is 86.9 cm³/mol. The van der Waals surface area contributed by atoms with E-state index in [-0.39, 0.29) is 23.2 Å². The third-order valence-electron chi connectivity index (χ3n) is 6.14. The van der Waals surface area contributed by atoms with Crippen LogP contribution < -0.4 is 0 Å². The zero-order chi connectivity index (χ0) is 16.9. The highest BCUT2D eigenvalue weighted by molar-refractivity contribution is 5.87. The maximum Gasteiger partial charge on any atom is 0.374 e. The van der Waals surface area contributed by atoms with E-state index < -0.39 is 5.97 Å². The molecule has 4 rings (SSSR count). The summed E-state index contributed by atoms with van der Waals surface area (Å²) in [6.07, 6.45) is 6.78. The number of rotatable bonds is 3. The molecule has 2 saturated carbocycles. The van der Waals surface area contributed by atoms with Gasteiger partial charge >= 0.3 is 5.97 Å². The Kier molecular flexibility index (Phi) is 3.77. The minimum atomic E-state index is -0.414. The number of esters is 1. The van der Waals surface area contributed by atoms with E-state index in [1.54, 1.807) is 0 Å². The van der Waals surface area contributed by atoms with E-state index in [1.807, 2.05) is 13.0 Å². The molecule has 2 aliphatic carbocycles. The SMILES string of the molecule is COC(=O)c1oc([C@@H]2C[C@@]2(C)[C@H]2COC3(CCCCC3)O2)cc1C. The second-order valence-corrected chi connectivity index (χ2v) is 7.80. The van der Waals surface area contributed by atoms with Crippen molar-refractivity contribution in [3.05, 3.63) is 23.2 Å². The van der Waals surface area contributed by atoms with Gasteiger partial charge in [-0.2, -0.15) is 0 Å². The average molecular weight is 334 g/mol. The van der Waals surface area contributed by atoms with Gasteiger partial charge in [0.1, 0.15) is 5.76 Å². The van der Waals surface area contributed by atoms with E-state index in [2.05, 4.69) is 6.92 Å². The molecule has 0 bridgehead atoms. The molecule has 24 heavy (non-hydrogen) atoms. The van der Waals surface area contributed by atoms with Crippen molar-refractivity contribution in [2.75, 3.05) is 13.7 Å². The summed E-state index contributed by atoms with van der Waals surface area (Å²) in [5.41, 5.74) is 0.858. The largest absolute Gasteiger partial charge is 0.463 e. The molecular formula is C19H26O5. The van der Waals surface area contributed by atoms with Gasteiger partial charge in [0.2, 0.25) is 5.76 Å². The summed E-state index contributed by atoms with van der Waals surface area (Å²) < 4.78 is 23.1. The fourth-order valence-corrected chi connectivity index (χ4v) is 4.37. The maximum atomic E-state index is 11.7. The molecule has 3 atom stereocenters. The average Bonchev–Trinajstić information content (AvgIpc) is 2.92. The van der Waals surface area contributed by atoms with Gasteiger partial charge in [-0.3, -0.25) is 0 Å². The van der Waals surface area contributed by atoms with Crippen molar-refractivity contribution in [3.8, 4) is 0 Å². The molecule has 0 N–H and O–H groups in total. The van der Waals surface area contributed by atoms with Crippen molar-refractivity contribution in [1.82, 2.24) is 0 Å². The highest BCUT2D eigenvalue weighted by atomic mass is 16.7. The van der Waals surface area contributed by atoms with Crippen molar-refractivity contribution >= 4 is 5.97 Å². The fourth-order valence-electron chi connectivity index (χ4n) is 4.37. The minimum absolute atomic E-state index is 0.0264. The first-order valence-corrected chi connectivity index (χ1v) is 8.98.